The summed E-state index contributed by atoms with van der Waals surface area (Å²) >= 11 is 0. The minimum Gasteiger partial charge on any atom is -0.356 e. The van der Waals surface area contributed by atoms with Crippen molar-refractivity contribution in [3.63, 3.8) is 0 Å². The summed E-state index contributed by atoms with van der Waals surface area (Å²) in [4.78, 5) is 11.5. The lowest BCUT2D eigenvalue weighted by atomic mass is 10.1. The molecule has 4 nitrogen and oxygen atoms in total. The van der Waals surface area contributed by atoms with E-state index in [9.17, 15) is 0 Å². The number of aryl methyl sites for hydroxylation is 3. The van der Waals surface area contributed by atoms with Crippen LogP contribution in [0.25, 0.3) is 0 Å². The second-order valence-corrected chi connectivity index (χ2v) is 6.09. The Hall–Kier alpha value is -2.10. The number of hydrogen-bond donors (Lipinski definition) is 1. The molecule has 1 aromatic carbocycles. The number of rotatable bonds is 7. The molecule has 0 saturated heterocycles. The van der Waals surface area contributed by atoms with Gasteiger partial charge in [-0.1, -0.05) is 26.0 Å². The summed E-state index contributed by atoms with van der Waals surface area (Å²) in [6.45, 7) is 12.6. The smallest absolute Gasteiger partial charge is 0.136 e. The molecule has 0 radical (unpaired) electrons. The molecule has 1 N–H and O–H groups in total. The van der Waals surface area contributed by atoms with Gasteiger partial charge in [0.1, 0.15) is 17.5 Å². The lowest BCUT2D eigenvalue weighted by Gasteiger charge is -2.23. The Morgan fingerprint density at radius 3 is 2.30 bits per heavy atom. The molecule has 23 heavy (non-hydrogen) atoms. The van der Waals surface area contributed by atoms with Crippen LogP contribution in [0.4, 0.5) is 17.3 Å². The van der Waals surface area contributed by atoms with E-state index in [-0.39, 0.29) is 0 Å². The molecule has 1 heterocycles. The fourth-order valence-electron chi connectivity index (χ4n) is 2.67. The van der Waals surface area contributed by atoms with Crippen molar-refractivity contribution < 1.29 is 0 Å². The Morgan fingerprint density at radius 1 is 0.957 bits per heavy atom. The monoisotopic (exact) mass is 312 g/mol. The normalized spacial score (nSPS) is 10.7. The van der Waals surface area contributed by atoms with Crippen LogP contribution in [0.2, 0.25) is 0 Å². The highest BCUT2D eigenvalue weighted by Gasteiger charge is 2.10. The molecule has 0 aliphatic rings. The van der Waals surface area contributed by atoms with Crippen LogP contribution in [0, 0.1) is 20.8 Å². The molecule has 4 heteroatoms. The van der Waals surface area contributed by atoms with Gasteiger partial charge in [-0.2, -0.15) is 0 Å². The summed E-state index contributed by atoms with van der Waals surface area (Å²) in [6.07, 6.45) is 2.23. The molecule has 0 fully saturated rings. The summed E-state index contributed by atoms with van der Waals surface area (Å²) < 4.78 is 0. The van der Waals surface area contributed by atoms with Crippen LogP contribution in [0.1, 0.15) is 43.6 Å². The Kier molecular flexibility index (Phi) is 5.97. The summed E-state index contributed by atoms with van der Waals surface area (Å²) in [5, 5.41) is 3.46. The quantitative estimate of drug-likeness (QED) is 0.799. The summed E-state index contributed by atoms with van der Waals surface area (Å²) in [5.74, 6) is 2.67. The lowest BCUT2D eigenvalue weighted by molar-refractivity contribution is 0.730. The third-order valence-corrected chi connectivity index (χ3v) is 3.79. The summed E-state index contributed by atoms with van der Waals surface area (Å²) in [5.41, 5.74) is 3.56. The molecule has 2 aromatic rings. The zero-order valence-corrected chi connectivity index (χ0v) is 15.0. The first-order valence-corrected chi connectivity index (χ1v) is 8.48. The molecule has 0 bridgehead atoms. The molecule has 0 atom stereocenters. The molecule has 0 spiro atoms. The second-order valence-electron chi connectivity index (χ2n) is 6.09. The van der Waals surface area contributed by atoms with Gasteiger partial charge in [-0.15, -0.1) is 0 Å². The van der Waals surface area contributed by atoms with E-state index in [0.29, 0.717) is 0 Å². The average Bonchev–Trinajstić information content (AvgIpc) is 2.50. The number of nitrogens with one attached hydrogen (secondary N) is 1. The molecule has 124 valence electrons. The van der Waals surface area contributed by atoms with Gasteiger partial charge in [-0.05, 0) is 50.8 Å². The van der Waals surface area contributed by atoms with Crippen molar-refractivity contribution in [2.24, 2.45) is 0 Å². The van der Waals surface area contributed by atoms with Gasteiger partial charge in [0.05, 0.1) is 0 Å². The number of aromatic nitrogens is 2. The van der Waals surface area contributed by atoms with Crippen molar-refractivity contribution in [3.8, 4) is 0 Å². The van der Waals surface area contributed by atoms with Crippen LogP contribution in [-0.2, 0) is 0 Å². The first kappa shape index (κ1) is 17.3. The molecule has 0 amide bonds. The predicted octanol–water partition coefficient (Wildman–Crippen LogP) is 4.77. The molecular formula is C19H28N4. The van der Waals surface area contributed by atoms with E-state index in [4.69, 9.17) is 0 Å². The van der Waals surface area contributed by atoms with Gasteiger partial charge in [-0.25, -0.2) is 9.97 Å². The van der Waals surface area contributed by atoms with Crippen LogP contribution in [0.15, 0.2) is 24.3 Å². The Morgan fingerprint density at radius 2 is 1.65 bits per heavy atom. The molecule has 0 aliphatic carbocycles. The van der Waals surface area contributed by atoms with Crippen LogP contribution >= 0.6 is 0 Å². The Balaban J connectivity index is 2.30. The van der Waals surface area contributed by atoms with Gasteiger partial charge in [0.25, 0.3) is 0 Å². The molecule has 1 aromatic heterocycles. The fraction of sp³-hybridized carbons (Fsp3) is 0.474. The van der Waals surface area contributed by atoms with Crippen LogP contribution < -0.4 is 10.2 Å². The van der Waals surface area contributed by atoms with Crippen LogP contribution in [0.5, 0.6) is 0 Å². The van der Waals surface area contributed by atoms with Crippen molar-refractivity contribution >= 4 is 17.3 Å². The maximum atomic E-state index is 4.63. The molecule has 0 unspecified atom stereocenters. The van der Waals surface area contributed by atoms with E-state index in [1.165, 1.54) is 11.1 Å². The van der Waals surface area contributed by atoms with E-state index < -0.39 is 0 Å². The van der Waals surface area contributed by atoms with Gasteiger partial charge in [0.15, 0.2) is 0 Å². The van der Waals surface area contributed by atoms with Crippen molar-refractivity contribution in [3.05, 3.63) is 41.2 Å². The highest BCUT2D eigenvalue weighted by molar-refractivity contribution is 5.63. The molecular weight excluding hydrogens is 284 g/mol. The standard InChI is InChI=1S/C19H28N4/c1-6-10-23(11-7-2)19-13-18(20-16(5)21-19)22-17-12-14(3)8-9-15(17)4/h8-9,12-13H,6-7,10-11H2,1-5H3,(H,20,21,22). The maximum absolute atomic E-state index is 4.63. The lowest BCUT2D eigenvalue weighted by Crippen LogP contribution is -2.26. The van der Waals surface area contributed by atoms with Crippen molar-refractivity contribution in [1.82, 2.24) is 9.97 Å². The highest BCUT2D eigenvalue weighted by Crippen LogP contribution is 2.23. The average molecular weight is 312 g/mol. The van der Waals surface area contributed by atoms with Gasteiger partial charge in [0, 0.05) is 24.8 Å². The van der Waals surface area contributed by atoms with Gasteiger partial charge < -0.3 is 10.2 Å². The third-order valence-electron chi connectivity index (χ3n) is 3.79. The number of nitrogens with zero attached hydrogens (tertiary/aromatic N) is 3. The van der Waals surface area contributed by atoms with E-state index in [1.54, 1.807) is 0 Å². The number of benzene rings is 1. The Bertz CT molecular complexity index is 646. The van der Waals surface area contributed by atoms with Gasteiger partial charge in [0.2, 0.25) is 0 Å². The largest absolute Gasteiger partial charge is 0.356 e. The van der Waals surface area contributed by atoms with Crippen molar-refractivity contribution in [2.75, 3.05) is 23.3 Å². The van der Waals surface area contributed by atoms with E-state index in [1.807, 2.05) is 6.92 Å². The third kappa shape index (κ3) is 4.68. The number of hydrogen-bond acceptors (Lipinski definition) is 4. The molecule has 0 saturated carbocycles. The van der Waals surface area contributed by atoms with Crippen LogP contribution in [-0.4, -0.2) is 23.1 Å². The van der Waals surface area contributed by atoms with Crippen LogP contribution in [0.3, 0.4) is 0 Å². The van der Waals surface area contributed by atoms with Gasteiger partial charge in [-0.3, -0.25) is 0 Å². The second kappa shape index (κ2) is 7.95. The minimum absolute atomic E-state index is 0.799. The van der Waals surface area contributed by atoms with Crippen molar-refractivity contribution in [1.29, 1.82) is 0 Å². The summed E-state index contributed by atoms with van der Waals surface area (Å²) in [7, 11) is 0. The predicted molar refractivity (Wildman–Crippen MR) is 98.8 cm³/mol. The molecule has 0 aliphatic heterocycles. The fourth-order valence-corrected chi connectivity index (χ4v) is 2.67. The number of anilines is 3. The maximum Gasteiger partial charge on any atom is 0.136 e. The Labute approximate surface area is 140 Å². The highest BCUT2D eigenvalue weighted by atomic mass is 15.2. The van der Waals surface area contributed by atoms with E-state index in [0.717, 1.165) is 49.1 Å². The first-order chi connectivity index (χ1) is 11.0. The zero-order chi connectivity index (χ0) is 16.8. The topological polar surface area (TPSA) is 41.0 Å². The minimum atomic E-state index is 0.799. The van der Waals surface area contributed by atoms with E-state index >= 15 is 0 Å². The molecule has 2 rings (SSSR count). The van der Waals surface area contributed by atoms with E-state index in [2.05, 4.69) is 72.1 Å². The zero-order valence-electron chi connectivity index (χ0n) is 15.0. The van der Waals surface area contributed by atoms with Gasteiger partial charge >= 0.3 is 0 Å². The van der Waals surface area contributed by atoms with Crippen molar-refractivity contribution in [2.45, 2.75) is 47.5 Å². The first-order valence-electron chi connectivity index (χ1n) is 8.48. The summed E-state index contributed by atoms with van der Waals surface area (Å²) in [6, 6.07) is 8.47. The SMILES string of the molecule is CCCN(CCC)c1cc(Nc2cc(C)ccc2C)nc(C)n1.